The molecule has 0 saturated carbocycles. The molecule has 0 radical (unpaired) electrons. The molecular weight excluding hydrogens is 308 g/mol. The molecule has 24 heavy (non-hydrogen) atoms. The number of aliphatic hydroxyl groups excluding tert-OH is 1. The van der Waals surface area contributed by atoms with Gasteiger partial charge in [-0.3, -0.25) is 10.1 Å². The minimum Gasteiger partial charge on any atom is -0.497 e. The van der Waals surface area contributed by atoms with Crippen LogP contribution < -0.4 is 10.1 Å². The van der Waals surface area contributed by atoms with E-state index in [0.717, 1.165) is 11.3 Å². The van der Waals surface area contributed by atoms with E-state index in [4.69, 9.17) is 4.74 Å². The predicted octanol–water partition coefficient (Wildman–Crippen LogP) is 3.83. The van der Waals surface area contributed by atoms with Crippen LogP contribution in [-0.2, 0) is 0 Å². The van der Waals surface area contributed by atoms with Gasteiger partial charge in [-0.25, -0.2) is 0 Å². The van der Waals surface area contributed by atoms with Gasteiger partial charge in [0.1, 0.15) is 5.75 Å². The molecule has 2 aromatic rings. The van der Waals surface area contributed by atoms with Crippen LogP contribution in [0.4, 0.5) is 11.4 Å². The van der Waals surface area contributed by atoms with E-state index in [0.29, 0.717) is 11.3 Å². The van der Waals surface area contributed by atoms with Crippen molar-refractivity contribution in [3.8, 4) is 5.75 Å². The quantitative estimate of drug-likeness (QED) is 0.661. The lowest BCUT2D eigenvalue weighted by molar-refractivity contribution is -0.385. The molecule has 2 atom stereocenters. The molecule has 0 aromatic heterocycles. The number of anilines is 1. The number of nitro benzene ring substituents is 1. The van der Waals surface area contributed by atoms with E-state index in [-0.39, 0.29) is 10.6 Å². The van der Waals surface area contributed by atoms with Crippen LogP contribution in [0.5, 0.6) is 5.75 Å². The Balaban J connectivity index is 2.12. The average Bonchev–Trinajstić information content (AvgIpc) is 2.58. The first kappa shape index (κ1) is 16.3. The van der Waals surface area contributed by atoms with Crippen LogP contribution in [-0.4, -0.2) is 17.1 Å². The van der Waals surface area contributed by atoms with Gasteiger partial charge in [0.05, 0.1) is 29.7 Å². The van der Waals surface area contributed by atoms with E-state index >= 15 is 0 Å². The molecule has 3 rings (SSSR count). The third kappa shape index (κ3) is 2.49. The fourth-order valence-electron chi connectivity index (χ4n) is 3.30. The summed E-state index contributed by atoms with van der Waals surface area (Å²) in [6.07, 6.45) is -0.784. The molecule has 2 unspecified atom stereocenters. The molecule has 2 N–H and O–H groups in total. The number of benzene rings is 2. The van der Waals surface area contributed by atoms with Gasteiger partial charge in [-0.05, 0) is 18.2 Å². The Hall–Kier alpha value is -2.60. The predicted molar refractivity (Wildman–Crippen MR) is 91.2 cm³/mol. The van der Waals surface area contributed by atoms with Crippen LogP contribution >= 0.6 is 0 Å². The zero-order chi connectivity index (χ0) is 17.5. The van der Waals surface area contributed by atoms with Gasteiger partial charge in [-0.1, -0.05) is 32.0 Å². The number of para-hydroxylation sites is 1. The number of ether oxygens (including phenoxy) is 1. The number of methoxy groups -OCH3 is 1. The van der Waals surface area contributed by atoms with Crippen LogP contribution in [0.25, 0.3) is 0 Å². The molecule has 1 aliphatic heterocycles. The van der Waals surface area contributed by atoms with Crippen LogP contribution in [0.1, 0.15) is 37.1 Å². The molecule has 1 heterocycles. The smallest absolute Gasteiger partial charge is 0.274 e. The van der Waals surface area contributed by atoms with Gasteiger partial charge in [0.15, 0.2) is 0 Å². The highest BCUT2D eigenvalue weighted by molar-refractivity contribution is 5.61. The molecule has 6 nitrogen and oxygen atoms in total. The van der Waals surface area contributed by atoms with Crippen LogP contribution in [0, 0.1) is 15.5 Å². The molecule has 2 aromatic carbocycles. The first-order valence-electron chi connectivity index (χ1n) is 7.72. The van der Waals surface area contributed by atoms with Gasteiger partial charge in [-0.2, -0.15) is 0 Å². The van der Waals surface area contributed by atoms with Gasteiger partial charge >= 0.3 is 0 Å². The van der Waals surface area contributed by atoms with E-state index in [2.05, 4.69) is 5.32 Å². The fraction of sp³-hybridized carbons (Fsp3) is 0.333. The van der Waals surface area contributed by atoms with Crippen molar-refractivity contribution in [3.63, 3.8) is 0 Å². The van der Waals surface area contributed by atoms with Gasteiger partial charge in [-0.15, -0.1) is 0 Å². The molecule has 0 aliphatic carbocycles. The molecule has 0 spiro atoms. The summed E-state index contributed by atoms with van der Waals surface area (Å²) < 4.78 is 5.23. The van der Waals surface area contributed by atoms with Crippen molar-refractivity contribution in [2.45, 2.75) is 26.0 Å². The van der Waals surface area contributed by atoms with Crippen molar-refractivity contribution in [3.05, 3.63) is 63.7 Å². The highest BCUT2D eigenvalue weighted by Crippen LogP contribution is 2.53. The number of hydrogen-bond acceptors (Lipinski definition) is 5. The van der Waals surface area contributed by atoms with Crippen molar-refractivity contribution < 1.29 is 14.8 Å². The average molecular weight is 328 g/mol. The van der Waals surface area contributed by atoms with E-state index in [1.54, 1.807) is 37.4 Å². The number of nitrogens with one attached hydrogen (secondary N) is 1. The topological polar surface area (TPSA) is 84.6 Å². The SMILES string of the molecule is COc1ccc2c(c1)C(O)C(C)(C)C(c1ccccc1[N+](=O)[O-])N2. The molecular formula is C18H20N2O4. The highest BCUT2D eigenvalue weighted by Gasteiger charge is 2.45. The second-order valence-corrected chi connectivity index (χ2v) is 6.57. The molecule has 0 bridgehead atoms. The standard InChI is InChI=1S/C18H20N2O4/c1-18(2)16(12-6-4-5-7-15(12)20(22)23)19-14-9-8-11(24-3)10-13(14)17(18)21/h4-10,16-17,19,21H,1-3H3. The maximum atomic E-state index is 11.4. The first-order chi connectivity index (χ1) is 11.4. The summed E-state index contributed by atoms with van der Waals surface area (Å²) in [5, 5.41) is 25.7. The van der Waals surface area contributed by atoms with E-state index < -0.39 is 17.6 Å². The zero-order valence-corrected chi connectivity index (χ0v) is 13.8. The molecule has 0 amide bonds. The lowest BCUT2D eigenvalue weighted by Gasteiger charge is -2.44. The largest absolute Gasteiger partial charge is 0.497 e. The summed E-state index contributed by atoms with van der Waals surface area (Å²) in [4.78, 5) is 11.0. The van der Waals surface area contributed by atoms with Gasteiger partial charge in [0.2, 0.25) is 0 Å². The van der Waals surface area contributed by atoms with Crippen LogP contribution in [0.3, 0.4) is 0 Å². The Morgan fingerprint density at radius 1 is 1.21 bits per heavy atom. The third-order valence-electron chi connectivity index (χ3n) is 4.75. The van der Waals surface area contributed by atoms with Crippen LogP contribution in [0.2, 0.25) is 0 Å². The van der Waals surface area contributed by atoms with Crippen molar-refractivity contribution in [2.75, 3.05) is 12.4 Å². The second kappa shape index (κ2) is 5.79. The minimum atomic E-state index is -0.784. The van der Waals surface area contributed by atoms with E-state index in [1.165, 1.54) is 6.07 Å². The lowest BCUT2D eigenvalue weighted by atomic mass is 9.70. The zero-order valence-electron chi connectivity index (χ0n) is 13.8. The molecule has 0 saturated heterocycles. The van der Waals surface area contributed by atoms with Crippen molar-refractivity contribution in [2.24, 2.45) is 5.41 Å². The maximum Gasteiger partial charge on any atom is 0.274 e. The Morgan fingerprint density at radius 3 is 2.58 bits per heavy atom. The fourth-order valence-corrected chi connectivity index (χ4v) is 3.30. The summed E-state index contributed by atoms with van der Waals surface area (Å²) in [6, 6.07) is 11.7. The van der Waals surface area contributed by atoms with Crippen molar-refractivity contribution in [1.82, 2.24) is 0 Å². The van der Waals surface area contributed by atoms with Crippen molar-refractivity contribution >= 4 is 11.4 Å². The van der Waals surface area contributed by atoms with Gasteiger partial charge < -0.3 is 15.2 Å². The number of nitrogens with zero attached hydrogens (tertiary/aromatic N) is 1. The summed E-state index contributed by atoms with van der Waals surface area (Å²) in [5.74, 6) is 0.662. The van der Waals surface area contributed by atoms with Crippen LogP contribution in [0.15, 0.2) is 42.5 Å². The Labute approximate surface area is 140 Å². The van der Waals surface area contributed by atoms with E-state index in [1.807, 2.05) is 19.9 Å². The molecule has 0 fully saturated rings. The second-order valence-electron chi connectivity index (χ2n) is 6.57. The first-order valence-corrected chi connectivity index (χ1v) is 7.72. The lowest BCUT2D eigenvalue weighted by Crippen LogP contribution is -2.38. The molecule has 6 heteroatoms. The Kier molecular flexibility index (Phi) is 3.93. The summed E-state index contributed by atoms with van der Waals surface area (Å²) in [5.41, 5.74) is 1.45. The minimum absolute atomic E-state index is 0.0484. The number of aliphatic hydroxyl groups is 1. The van der Waals surface area contributed by atoms with Gasteiger partial charge in [0, 0.05) is 22.7 Å². The third-order valence-corrected chi connectivity index (χ3v) is 4.75. The molecule has 126 valence electrons. The van der Waals surface area contributed by atoms with Crippen molar-refractivity contribution in [1.29, 1.82) is 0 Å². The number of hydrogen-bond donors (Lipinski definition) is 2. The monoisotopic (exact) mass is 328 g/mol. The van der Waals surface area contributed by atoms with E-state index in [9.17, 15) is 15.2 Å². The number of rotatable bonds is 3. The van der Waals surface area contributed by atoms with Gasteiger partial charge in [0.25, 0.3) is 5.69 Å². The summed E-state index contributed by atoms with van der Waals surface area (Å²) in [6.45, 7) is 3.79. The summed E-state index contributed by atoms with van der Waals surface area (Å²) in [7, 11) is 1.58. The molecule has 1 aliphatic rings. The Morgan fingerprint density at radius 2 is 1.92 bits per heavy atom. The Bertz CT molecular complexity index is 788. The maximum absolute atomic E-state index is 11.4. The number of fused-ring (bicyclic) bond motifs is 1. The highest BCUT2D eigenvalue weighted by atomic mass is 16.6. The summed E-state index contributed by atoms with van der Waals surface area (Å²) >= 11 is 0. The number of nitro groups is 1. The normalized spacial score (nSPS) is 21.5.